The predicted molar refractivity (Wildman–Crippen MR) is 146 cm³/mol. The zero-order valence-corrected chi connectivity index (χ0v) is 22.9. The van der Waals surface area contributed by atoms with E-state index in [2.05, 4.69) is 17.6 Å². The minimum absolute atomic E-state index is 0. The molecule has 1 aromatic carbocycles. The van der Waals surface area contributed by atoms with Gasteiger partial charge in [-0.1, -0.05) is 38.3 Å². The number of unbranched alkanes of at least 4 members (excludes halogenated alkanes) is 4. The molecule has 0 heterocycles. The van der Waals surface area contributed by atoms with Crippen molar-refractivity contribution in [3.05, 3.63) is 35.4 Å². The zero-order valence-electron chi connectivity index (χ0n) is 22.1. The van der Waals surface area contributed by atoms with Gasteiger partial charge < -0.3 is 21.1 Å². The number of methoxy groups -OCH3 is 1. The fraction of sp³-hybridized carbons (Fsp3) is 0.679. The van der Waals surface area contributed by atoms with Crippen LogP contribution in [0.5, 0.6) is 0 Å². The van der Waals surface area contributed by atoms with Crippen molar-refractivity contribution in [3.8, 4) is 0 Å². The second kappa shape index (κ2) is 18.2. The molecule has 0 aromatic heterocycles. The van der Waals surface area contributed by atoms with Gasteiger partial charge >= 0.3 is 5.97 Å². The Balaban J connectivity index is 0.00000648. The van der Waals surface area contributed by atoms with Crippen LogP contribution in [0.1, 0.15) is 99.9 Å². The summed E-state index contributed by atoms with van der Waals surface area (Å²) in [4.78, 5) is 37.2. The summed E-state index contributed by atoms with van der Waals surface area (Å²) in [7, 11) is 1.36. The Labute approximate surface area is 223 Å². The number of nitrogens with two attached hydrogens (primary N) is 1. The van der Waals surface area contributed by atoms with Gasteiger partial charge in [-0.2, -0.15) is 0 Å². The molecule has 36 heavy (non-hydrogen) atoms. The van der Waals surface area contributed by atoms with Crippen LogP contribution in [0.25, 0.3) is 0 Å². The Bertz CT molecular complexity index is 780. The number of ether oxygens (including phenoxy) is 1. The van der Waals surface area contributed by atoms with Crippen LogP contribution < -0.4 is 16.4 Å². The van der Waals surface area contributed by atoms with Crippen LogP contribution in [0.2, 0.25) is 0 Å². The van der Waals surface area contributed by atoms with Gasteiger partial charge in [0.05, 0.1) is 7.11 Å². The summed E-state index contributed by atoms with van der Waals surface area (Å²) in [6, 6.07) is 7.43. The third-order valence-electron chi connectivity index (χ3n) is 6.97. The second-order valence-electron chi connectivity index (χ2n) is 9.82. The Morgan fingerprint density at radius 2 is 1.69 bits per heavy atom. The highest BCUT2D eigenvalue weighted by atomic mass is 35.5. The summed E-state index contributed by atoms with van der Waals surface area (Å²) in [5, 5.41) is 6.04. The van der Waals surface area contributed by atoms with Gasteiger partial charge in [0.25, 0.3) is 5.91 Å². The van der Waals surface area contributed by atoms with E-state index in [1.165, 1.54) is 12.7 Å². The number of rotatable bonds is 15. The average molecular weight is 524 g/mol. The van der Waals surface area contributed by atoms with Crippen LogP contribution in [-0.4, -0.2) is 43.5 Å². The van der Waals surface area contributed by atoms with Crippen LogP contribution in [-0.2, 0) is 20.7 Å². The molecule has 7 nitrogen and oxygen atoms in total. The normalized spacial score (nSPS) is 18.0. The molecule has 1 aromatic rings. The smallest absolute Gasteiger partial charge is 0.328 e. The van der Waals surface area contributed by atoms with Crippen LogP contribution in [0.3, 0.4) is 0 Å². The molecule has 1 fully saturated rings. The van der Waals surface area contributed by atoms with Crippen LogP contribution in [0, 0.1) is 5.92 Å². The zero-order chi connectivity index (χ0) is 25.5. The van der Waals surface area contributed by atoms with Crippen molar-refractivity contribution in [3.63, 3.8) is 0 Å². The quantitative estimate of drug-likeness (QED) is 0.228. The molecular weight excluding hydrogens is 478 g/mol. The molecule has 0 spiro atoms. The van der Waals surface area contributed by atoms with E-state index < -0.39 is 6.04 Å². The van der Waals surface area contributed by atoms with Gasteiger partial charge in [0.1, 0.15) is 6.04 Å². The molecule has 1 unspecified atom stereocenters. The van der Waals surface area contributed by atoms with Crippen molar-refractivity contribution in [2.24, 2.45) is 11.7 Å². The molecule has 1 aliphatic carbocycles. The monoisotopic (exact) mass is 523 g/mol. The summed E-state index contributed by atoms with van der Waals surface area (Å²) < 4.78 is 4.93. The van der Waals surface area contributed by atoms with Gasteiger partial charge in [0, 0.05) is 18.0 Å². The fourth-order valence-electron chi connectivity index (χ4n) is 4.78. The number of benzene rings is 1. The van der Waals surface area contributed by atoms with E-state index in [0.29, 0.717) is 24.3 Å². The van der Waals surface area contributed by atoms with Gasteiger partial charge in [-0.05, 0) is 87.9 Å². The highest BCUT2D eigenvalue weighted by molar-refractivity contribution is 5.94. The maximum absolute atomic E-state index is 12.7. The molecule has 0 bridgehead atoms. The molecule has 0 saturated heterocycles. The summed E-state index contributed by atoms with van der Waals surface area (Å²) >= 11 is 0. The van der Waals surface area contributed by atoms with Gasteiger partial charge in [-0.15, -0.1) is 12.4 Å². The fourth-order valence-corrected chi connectivity index (χ4v) is 4.78. The first-order valence-corrected chi connectivity index (χ1v) is 13.4. The Morgan fingerprint density at radius 3 is 2.31 bits per heavy atom. The first-order valence-electron chi connectivity index (χ1n) is 13.4. The number of amides is 2. The van der Waals surface area contributed by atoms with Crippen molar-refractivity contribution < 1.29 is 19.1 Å². The van der Waals surface area contributed by atoms with E-state index in [4.69, 9.17) is 10.5 Å². The first-order chi connectivity index (χ1) is 17.0. The number of carbonyl (C=O) groups is 3. The molecule has 204 valence electrons. The first kappa shape index (κ1) is 31.9. The van der Waals surface area contributed by atoms with Crippen LogP contribution in [0.4, 0.5) is 0 Å². The van der Waals surface area contributed by atoms with Crippen molar-refractivity contribution in [2.75, 3.05) is 13.7 Å². The average Bonchev–Trinajstić information content (AvgIpc) is 2.87. The van der Waals surface area contributed by atoms with Crippen LogP contribution >= 0.6 is 12.4 Å². The molecular formula is C28H46ClN3O4. The summed E-state index contributed by atoms with van der Waals surface area (Å²) in [6.07, 6.45) is 11.8. The molecule has 2 rings (SSSR count). The summed E-state index contributed by atoms with van der Waals surface area (Å²) in [6.45, 7) is 2.83. The Hall–Kier alpha value is -2.12. The molecule has 4 N–H and O–H groups in total. The molecule has 8 heteroatoms. The molecule has 0 radical (unpaired) electrons. The van der Waals surface area contributed by atoms with E-state index in [0.717, 1.165) is 77.2 Å². The molecule has 2 amide bonds. The Morgan fingerprint density at radius 1 is 1.00 bits per heavy atom. The van der Waals surface area contributed by atoms with E-state index >= 15 is 0 Å². The lowest BCUT2D eigenvalue weighted by Gasteiger charge is -2.31. The molecule has 1 atom stereocenters. The largest absolute Gasteiger partial charge is 0.467 e. The highest BCUT2D eigenvalue weighted by Gasteiger charge is 2.29. The van der Waals surface area contributed by atoms with E-state index in [9.17, 15) is 14.4 Å². The third kappa shape index (κ3) is 11.7. The number of aryl methyl sites for hydroxylation is 1. The lowest BCUT2D eigenvalue weighted by molar-refractivity contribution is -0.145. The number of hydrogen-bond donors (Lipinski definition) is 3. The Kier molecular flexibility index (Phi) is 16.1. The lowest BCUT2D eigenvalue weighted by Crippen LogP contribution is -2.44. The van der Waals surface area contributed by atoms with Gasteiger partial charge in [0.15, 0.2) is 0 Å². The van der Waals surface area contributed by atoms with Gasteiger partial charge in [-0.3, -0.25) is 9.59 Å². The van der Waals surface area contributed by atoms with Gasteiger partial charge in [0.2, 0.25) is 5.91 Å². The number of carbonyl (C=O) groups excluding carboxylic acids is 3. The maximum Gasteiger partial charge on any atom is 0.328 e. The standard InChI is InChI=1S/C28H45N3O4.ClH/c1-3-4-6-10-26(32)31-25(28(34)35-2)20-22-13-17-24(18-14-22)30-27(33)23-15-11-21(12-16-23)9-7-5-8-19-29;/h11-12,15-16,22,24-25H,3-10,13-14,17-20,29H2,1-2H3,(H,30,33)(H,31,32);1H. The van der Waals surface area contributed by atoms with Crippen molar-refractivity contribution in [2.45, 2.75) is 102 Å². The maximum atomic E-state index is 12.7. The number of esters is 1. The topological polar surface area (TPSA) is 111 Å². The number of halogens is 1. The minimum Gasteiger partial charge on any atom is -0.467 e. The van der Waals surface area contributed by atoms with E-state index in [-0.39, 0.29) is 36.2 Å². The second-order valence-corrected chi connectivity index (χ2v) is 9.82. The lowest BCUT2D eigenvalue weighted by atomic mass is 9.82. The molecule has 1 saturated carbocycles. The highest BCUT2D eigenvalue weighted by Crippen LogP contribution is 2.28. The number of nitrogens with one attached hydrogen (secondary N) is 2. The third-order valence-corrected chi connectivity index (χ3v) is 6.97. The molecule has 1 aliphatic rings. The van der Waals surface area contributed by atoms with Crippen molar-refractivity contribution in [1.82, 2.24) is 10.6 Å². The predicted octanol–water partition coefficient (Wildman–Crippen LogP) is 4.70. The van der Waals surface area contributed by atoms with Crippen molar-refractivity contribution >= 4 is 30.2 Å². The van der Waals surface area contributed by atoms with Gasteiger partial charge in [-0.25, -0.2) is 4.79 Å². The minimum atomic E-state index is -0.598. The van der Waals surface area contributed by atoms with Crippen LogP contribution in [0.15, 0.2) is 24.3 Å². The summed E-state index contributed by atoms with van der Waals surface area (Å²) in [5.74, 6) is -0.180. The van der Waals surface area contributed by atoms with E-state index in [1.807, 2.05) is 24.3 Å². The molecule has 0 aliphatic heterocycles. The van der Waals surface area contributed by atoms with E-state index in [1.54, 1.807) is 0 Å². The number of hydrogen-bond acceptors (Lipinski definition) is 5. The SMILES string of the molecule is CCCCCC(=O)NC(CC1CCC(NC(=O)c2ccc(CCCCCN)cc2)CC1)C(=O)OC.Cl. The summed E-state index contributed by atoms with van der Waals surface area (Å²) in [5.41, 5.74) is 7.48. The van der Waals surface area contributed by atoms with Crippen molar-refractivity contribution in [1.29, 1.82) is 0 Å².